The van der Waals surface area contributed by atoms with Crippen molar-refractivity contribution >= 4 is 33.5 Å². The van der Waals surface area contributed by atoms with Gasteiger partial charge in [0.1, 0.15) is 5.94 Å². The molecule has 0 aliphatic rings. The highest BCUT2D eigenvalue weighted by atomic mass is 33.1. The second kappa shape index (κ2) is 27.6. The van der Waals surface area contributed by atoms with E-state index in [0.717, 1.165) is 29.8 Å². The molecule has 4 N–H and O–H groups in total. The number of carbonyl (C=O) groups excluding carboxylic acids is 2. The lowest BCUT2D eigenvalue weighted by atomic mass is 10.1. The smallest absolute Gasteiger partial charge is 0.315 e. The summed E-state index contributed by atoms with van der Waals surface area (Å²) >= 11 is 0. The van der Waals surface area contributed by atoms with E-state index in [2.05, 4.69) is 47.0 Å². The van der Waals surface area contributed by atoms with Gasteiger partial charge in [-0.1, -0.05) is 73.3 Å². The minimum absolute atomic E-state index is 0. The summed E-state index contributed by atoms with van der Waals surface area (Å²) < 4.78 is 22.1. The van der Waals surface area contributed by atoms with Crippen LogP contribution in [0.1, 0.15) is 51.8 Å². The molecule has 0 fully saturated rings. The predicted octanol–water partition coefficient (Wildman–Crippen LogP) is 4.83. The van der Waals surface area contributed by atoms with Crippen LogP contribution in [0.15, 0.2) is 29.2 Å². The molecule has 0 saturated heterocycles. The molecule has 0 radical (unpaired) electrons. The molecule has 1 aromatic rings. The van der Waals surface area contributed by atoms with Crippen molar-refractivity contribution in [2.45, 2.75) is 57.9 Å². The van der Waals surface area contributed by atoms with Gasteiger partial charge in [-0.2, -0.15) is 0 Å². The van der Waals surface area contributed by atoms with Gasteiger partial charge in [-0.15, -0.1) is 0 Å². The largest absolute Gasteiger partial charge is 0.378 e. The average molecular weight is 649 g/mol. The Morgan fingerprint density at radius 1 is 0.791 bits per heavy atom. The summed E-state index contributed by atoms with van der Waals surface area (Å²) in [6.45, 7) is 14.4. The van der Waals surface area contributed by atoms with Gasteiger partial charge >= 0.3 is 6.03 Å². The molecule has 0 aromatic heterocycles. The van der Waals surface area contributed by atoms with Gasteiger partial charge in [0.25, 0.3) is 0 Å². The number of nitrogens with one attached hydrogen (secondary N) is 4. The van der Waals surface area contributed by atoms with Gasteiger partial charge in [-0.25, -0.2) is 4.79 Å². The Kier molecular flexibility index (Phi) is 25.0. The maximum atomic E-state index is 12.2. The summed E-state index contributed by atoms with van der Waals surface area (Å²) in [5.41, 5.74) is 0.963. The first-order chi connectivity index (χ1) is 20.9. The molecule has 0 saturated carbocycles. The molecule has 0 bridgehead atoms. The Labute approximate surface area is 272 Å². The number of benzene rings is 1. The third-order valence-electron chi connectivity index (χ3n) is 5.42. The monoisotopic (exact) mass is 648 g/mol. The van der Waals surface area contributed by atoms with Crippen molar-refractivity contribution in [3.63, 3.8) is 0 Å². The lowest BCUT2D eigenvalue weighted by Crippen LogP contribution is -2.36. The van der Waals surface area contributed by atoms with Crippen molar-refractivity contribution in [3.8, 4) is 11.8 Å². The molecular formula is C31H60N4O6S2. The van der Waals surface area contributed by atoms with E-state index in [1.165, 1.54) is 0 Å². The number of hydrogen-bond donors (Lipinski definition) is 4. The Morgan fingerprint density at radius 2 is 1.47 bits per heavy atom. The second-order valence-electron chi connectivity index (χ2n) is 10.1. The first kappa shape index (κ1) is 39.0. The maximum absolute atomic E-state index is 12.2. The van der Waals surface area contributed by atoms with Gasteiger partial charge in [0.05, 0.1) is 52.6 Å². The third-order valence-corrected chi connectivity index (χ3v) is 7.48. The maximum Gasteiger partial charge on any atom is 0.315 e. The lowest BCUT2D eigenvalue weighted by molar-refractivity contribution is -0.120. The first-order valence-electron chi connectivity index (χ1n) is 15.1. The van der Waals surface area contributed by atoms with E-state index in [0.29, 0.717) is 90.2 Å². The van der Waals surface area contributed by atoms with E-state index >= 15 is 0 Å². The quantitative estimate of drug-likeness (QED) is 0.0512. The molecular weight excluding hydrogens is 588 g/mol. The summed E-state index contributed by atoms with van der Waals surface area (Å²) in [5.74, 6) is 6.78. The van der Waals surface area contributed by atoms with E-state index in [9.17, 15) is 9.59 Å². The molecule has 252 valence electrons. The zero-order valence-electron chi connectivity index (χ0n) is 26.3. The summed E-state index contributed by atoms with van der Waals surface area (Å²) in [5, 5.41) is 11.7. The molecule has 0 aliphatic heterocycles. The molecule has 1 aromatic carbocycles. The highest BCUT2D eigenvalue weighted by Gasteiger charge is 2.04. The van der Waals surface area contributed by atoms with Crippen LogP contribution in [0.25, 0.3) is 0 Å². The molecule has 1 rings (SSSR count). The average Bonchev–Trinajstić information content (AvgIpc) is 2.97. The van der Waals surface area contributed by atoms with Crippen LogP contribution in [-0.4, -0.2) is 96.3 Å². The molecule has 10 nitrogen and oxygen atoms in total. The van der Waals surface area contributed by atoms with E-state index in [1.54, 1.807) is 21.6 Å². The number of carbonyl (C=O) groups is 2. The van der Waals surface area contributed by atoms with Crippen LogP contribution in [0.3, 0.4) is 0 Å². The highest BCUT2D eigenvalue weighted by Crippen LogP contribution is 2.31. The van der Waals surface area contributed by atoms with Crippen LogP contribution < -0.4 is 21.3 Å². The van der Waals surface area contributed by atoms with Gasteiger partial charge in [0.2, 0.25) is 5.91 Å². The van der Waals surface area contributed by atoms with E-state index in [-0.39, 0.29) is 17.6 Å². The van der Waals surface area contributed by atoms with Gasteiger partial charge in [0.15, 0.2) is 0 Å². The fourth-order valence-corrected chi connectivity index (χ4v) is 5.00. The minimum Gasteiger partial charge on any atom is -0.378 e. The molecule has 0 aliphatic carbocycles. The number of ether oxygens (including phenoxy) is 4. The van der Waals surface area contributed by atoms with Crippen LogP contribution in [-0.2, 0) is 30.2 Å². The second-order valence-corrected chi connectivity index (χ2v) is 12.5. The lowest BCUT2D eigenvalue weighted by Gasteiger charge is -2.09. The van der Waals surface area contributed by atoms with Crippen LogP contribution >= 0.6 is 21.6 Å². The number of hydrogen-bond acceptors (Lipinski definition) is 9. The van der Waals surface area contributed by atoms with E-state index < -0.39 is 0 Å². The van der Waals surface area contributed by atoms with Crippen molar-refractivity contribution in [2.75, 3.05) is 78.4 Å². The zero-order chi connectivity index (χ0) is 31.4. The van der Waals surface area contributed by atoms with Crippen molar-refractivity contribution in [3.05, 3.63) is 29.8 Å². The van der Waals surface area contributed by atoms with Crippen molar-refractivity contribution in [2.24, 2.45) is 5.92 Å². The number of rotatable bonds is 25. The molecule has 0 spiro atoms. The van der Waals surface area contributed by atoms with Gasteiger partial charge in [-0.05, 0) is 30.5 Å². The molecule has 3 amide bonds. The first-order valence-corrected chi connectivity index (χ1v) is 17.4. The number of unbranched alkanes of at least 4 members (excludes halogenated alkanes) is 1. The highest BCUT2D eigenvalue weighted by molar-refractivity contribution is 8.76. The van der Waals surface area contributed by atoms with Gasteiger partial charge in [-0.3, -0.25) is 4.79 Å². The van der Waals surface area contributed by atoms with Crippen molar-refractivity contribution in [1.82, 2.24) is 21.3 Å². The molecule has 0 heterocycles. The predicted molar refractivity (Wildman–Crippen MR) is 185 cm³/mol. The Bertz CT molecular complexity index is 930. The topological polar surface area (TPSA) is 119 Å². The standard InChI is InChI=1S/C31H52N4O6S2.4H2/c1-26(2)8-7-14-35-31(37)34-13-5-6-17-41-25-42-43-29-11-9-28(10-12-29)24-30(36)33-16-19-39-21-23-40-22-20-38-18-15-32-27(3)4;;;;/h9-12,26-27,32H,5-6,13-25H2,1-4H3,(H,33,36)(H2,34,35,37);4*1H. The molecule has 0 atom stereocenters. The van der Waals surface area contributed by atoms with Crippen molar-refractivity contribution in [1.29, 1.82) is 0 Å². The number of amides is 3. The van der Waals surface area contributed by atoms with Gasteiger partial charge < -0.3 is 40.2 Å². The molecule has 43 heavy (non-hydrogen) atoms. The molecule has 12 heteroatoms. The van der Waals surface area contributed by atoms with Gasteiger partial charge in [0, 0.05) is 48.8 Å². The van der Waals surface area contributed by atoms with Crippen LogP contribution in [0.4, 0.5) is 4.79 Å². The van der Waals surface area contributed by atoms with Crippen LogP contribution in [0.5, 0.6) is 0 Å². The van der Waals surface area contributed by atoms with Crippen LogP contribution in [0, 0.1) is 17.8 Å². The SMILES string of the molecule is CC(C)C#CCNC(=O)NCCCCOCSSc1ccc(CC(=O)NCCOCCOCCOCCNC(C)C)cc1.[HH].[HH].[HH].[HH]. The summed E-state index contributed by atoms with van der Waals surface area (Å²) in [6.07, 6.45) is 2.07. The van der Waals surface area contributed by atoms with Crippen molar-refractivity contribution < 1.29 is 34.2 Å². The van der Waals surface area contributed by atoms with E-state index in [1.807, 2.05) is 38.1 Å². The Balaban J connectivity index is -0.00000231. The molecule has 0 unspecified atom stereocenters. The normalized spacial score (nSPS) is 10.9. The fraction of sp³-hybridized carbons (Fsp3) is 0.677. The fourth-order valence-electron chi connectivity index (χ4n) is 3.29. The summed E-state index contributed by atoms with van der Waals surface area (Å²) in [7, 11) is 3.27. The Morgan fingerprint density at radius 3 is 2.14 bits per heavy atom. The van der Waals surface area contributed by atoms with Crippen LogP contribution in [0.2, 0.25) is 0 Å². The number of urea groups is 1. The summed E-state index contributed by atoms with van der Waals surface area (Å²) in [6, 6.07) is 8.26. The zero-order valence-corrected chi connectivity index (χ0v) is 28.0. The van der Waals surface area contributed by atoms with E-state index in [4.69, 9.17) is 18.9 Å². The summed E-state index contributed by atoms with van der Waals surface area (Å²) in [4.78, 5) is 25.0. The Hall–Kier alpha value is -1.98. The minimum atomic E-state index is -0.191. The third kappa shape index (κ3) is 26.2.